The molecule has 2 aliphatic heterocycles. The van der Waals surface area contributed by atoms with Gasteiger partial charge >= 0.3 is 6.01 Å². The summed E-state index contributed by atoms with van der Waals surface area (Å²) >= 11 is 0. The van der Waals surface area contributed by atoms with Crippen LogP contribution in [0.5, 0.6) is 6.01 Å². The highest BCUT2D eigenvalue weighted by molar-refractivity contribution is 6.01. The molecule has 3 N–H and O–H groups in total. The average Bonchev–Trinajstić information content (AvgIpc) is 2.90. The van der Waals surface area contributed by atoms with Crippen LogP contribution < -0.4 is 20.7 Å². The molecule has 25 heavy (non-hydrogen) atoms. The summed E-state index contributed by atoms with van der Waals surface area (Å²) in [5.74, 6) is 1.74. The number of halogens is 1. The first-order chi connectivity index (χ1) is 11.7. The maximum Gasteiger partial charge on any atom is 0.320 e. The van der Waals surface area contributed by atoms with Crippen LogP contribution in [0.2, 0.25) is 0 Å². The predicted octanol–water partition coefficient (Wildman–Crippen LogP) is 1.94. The number of nitrogen functional groups attached to an aromatic ring is 1. The van der Waals surface area contributed by atoms with Crippen LogP contribution in [-0.2, 0) is 11.2 Å². The number of carbonyl (C=O) groups excluding carboxylic acids is 1. The van der Waals surface area contributed by atoms with E-state index in [1.807, 2.05) is 0 Å². The van der Waals surface area contributed by atoms with Gasteiger partial charge in [-0.2, -0.15) is 9.97 Å². The highest BCUT2D eigenvalue weighted by atomic mass is 35.5. The summed E-state index contributed by atoms with van der Waals surface area (Å²) < 4.78 is 5.58. The molecule has 0 bridgehead atoms. The SMILES string of the molecule is CCCCOc1nc(N)c2c(n1)N(CCC1CCNCC1)C(=O)C2.Cl. The zero-order chi connectivity index (χ0) is 16.9. The van der Waals surface area contributed by atoms with Gasteiger partial charge in [-0.05, 0) is 44.7 Å². The Hall–Kier alpha value is -1.60. The lowest BCUT2D eigenvalue weighted by Gasteiger charge is -2.25. The van der Waals surface area contributed by atoms with Crippen LogP contribution in [0.25, 0.3) is 0 Å². The molecular formula is C17H28ClN5O2. The first kappa shape index (κ1) is 19.7. The molecule has 140 valence electrons. The smallest absolute Gasteiger partial charge is 0.320 e. The van der Waals surface area contributed by atoms with Crippen molar-refractivity contribution in [3.05, 3.63) is 5.56 Å². The van der Waals surface area contributed by atoms with Gasteiger partial charge in [-0.15, -0.1) is 12.4 Å². The zero-order valence-corrected chi connectivity index (χ0v) is 15.6. The second kappa shape index (κ2) is 9.20. The normalized spacial score (nSPS) is 17.3. The van der Waals surface area contributed by atoms with Crippen molar-refractivity contribution < 1.29 is 9.53 Å². The van der Waals surface area contributed by atoms with Crippen molar-refractivity contribution in [3.63, 3.8) is 0 Å². The Kier molecular flexibility index (Phi) is 7.25. The number of hydrogen-bond acceptors (Lipinski definition) is 6. The number of carbonyl (C=O) groups is 1. The van der Waals surface area contributed by atoms with Gasteiger partial charge in [0, 0.05) is 12.1 Å². The topological polar surface area (TPSA) is 93.4 Å². The van der Waals surface area contributed by atoms with Crippen LogP contribution in [0.4, 0.5) is 11.6 Å². The van der Waals surface area contributed by atoms with Gasteiger partial charge in [0.1, 0.15) is 11.6 Å². The molecule has 0 aromatic carbocycles. The molecular weight excluding hydrogens is 342 g/mol. The standard InChI is InChI=1S/C17H27N5O2.ClH/c1-2-3-10-24-17-20-15(18)13-11-14(23)22(16(13)21-17)9-6-12-4-7-19-8-5-12;/h12,19H,2-11H2,1H3,(H2,18,20,21);1H. The number of ether oxygens (including phenoxy) is 1. The summed E-state index contributed by atoms with van der Waals surface area (Å²) in [4.78, 5) is 22.8. The van der Waals surface area contributed by atoms with E-state index in [0.29, 0.717) is 37.1 Å². The molecule has 1 amide bonds. The third-order valence-electron chi connectivity index (χ3n) is 4.83. The Morgan fingerprint density at radius 2 is 2.08 bits per heavy atom. The number of rotatable bonds is 7. The Bertz CT molecular complexity index is 593. The molecule has 1 saturated heterocycles. The van der Waals surface area contributed by atoms with E-state index in [9.17, 15) is 4.79 Å². The molecule has 3 rings (SSSR count). The van der Waals surface area contributed by atoms with Crippen LogP contribution in [0.15, 0.2) is 0 Å². The number of nitrogens with two attached hydrogens (primary N) is 1. The number of nitrogens with one attached hydrogen (secondary N) is 1. The number of piperidine rings is 1. The largest absolute Gasteiger partial charge is 0.463 e. The van der Waals surface area contributed by atoms with E-state index in [1.54, 1.807) is 4.90 Å². The van der Waals surface area contributed by atoms with Crippen LogP contribution in [-0.4, -0.2) is 42.1 Å². The first-order valence-electron chi connectivity index (χ1n) is 8.99. The number of aromatic nitrogens is 2. The molecule has 0 atom stereocenters. The maximum atomic E-state index is 12.4. The molecule has 8 heteroatoms. The monoisotopic (exact) mass is 369 g/mol. The lowest BCUT2D eigenvalue weighted by molar-refractivity contribution is -0.117. The van der Waals surface area contributed by atoms with Gasteiger partial charge in [0.05, 0.1) is 13.0 Å². The van der Waals surface area contributed by atoms with E-state index in [2.05, 4.69) is 22.2 Å². The van der Waals surface area contributed by atoms with Crippen molar-refractivity contribution in [2.45, 2.75) is 45.4 Å². The van der Waals surface area contributed by atoms with E-state index < -0.39 is 0 Å². The number of amides is 1. The van der Waals surface area contributed by atoms with E-state index in [1.165, 1.54) is 12.8 Å². The Balaban J connectivity index is 0.00000225. The number of fused-ring (bicyclic) bond motifs is 1. The minimum atomic E-state index is 0. The minimum Gasteiger partial charge on any atom is -0.463 e. The third-order valence-corrected chi connectivity index (χ3v) is 4.83. The van der Waals surface area contributed by atoms with Gasteiger partial charge in [-0.1, -0.05) is 13.3 Å². The second-order valence-corrected chi connectivity index (χ2v) is 6.60. The number of unbranched alkanes of at least 4 members (excludes halogenated alkanes) is 1. The van der Waals surface area contributed by atoms with E-state index in [-0.39, 0.29) is 24.3 Å². The van der Waals surface area contributed by atoms with Crippen molar-refractivity contribution in [2.75, 3.05) is 36.9 Å². The van der Waals surface area contributed by atoms with Crippen molar-refractivity contribution in [2.24, 2.45) is 5.92 Å². The number of hydrogen-bond donors (Lipinski definition) is 2. The number of anilines is 2. The van der Waals surface area contributed by atoms with E-state index in [4.69, 9.17) is 10.5 Å². The van der Waals surface area contributed by atoms with Crippen molar-refractivity contribution in [1.82, 2.24) is 15.3 Å². The lowest BCUT2D eigenvalue weighted by Crippen LogP contribution is -2.33. The van der Waals surface area contributed by atoms with Gasteiger partial charge in [0.25, 0.3) is 0 Å². The highest BCUT2D eigenvalue weighted by Crippen LogP contribution is 2.33. The molecule has 0 radical (unpaired) electrons. The third kappa shape index (κ3) is 4.73. The molecule has 0 unspecified atom stereocenters. The molecule has 0 saturated carbocycles. The van der Waals surface area contributed by atoms with Crippen LogP contribution in [0.3, 0.4) is 0 Å². The predicted molar refractivity (Wildman–Crippen MR) is 100 cm³/mol. The maximum absolute atomic E-state index is 12.4. The fourth-order valence-corrected chi connectivity index (χ4v) is 3.31. The lowest BCUT2D eigenvalue weighted by atomic mass is 9.94. The summed E-state index contributed by atoms with van der Waals surface area (Å²) in [6.07, 6.45) is 5.63. The Morgan fingerprint density at radius 1 is 1.32 bits per heavy atom. The summed E-state index contributed by atoms with van der Waals surface area (Å²) in [6.45, 7) is 5.50. The molecule has 7 nitrogen and oxygen atoms in total. The Morgan fingerprint density at radius 3 is 2.80 bits per heavy atom. The van der Waals surface area contributed by atoms with Gasteiger partial charge < -0.3 is 15.8 Å². The summed E-state index contributed by atoms with van der Waals surface area (Å²) in [5.41, 5.74) is 6.77. The average molecular weight is 370 g/mol. The quantitative estimate of drug-likeness (QED) is 0.713. The fourth-order valence-electron chi connectivity index (χ4n) is 3.31. The van der Waals surface area contributed by atoms with E-state index >= 15 is 0 Å². The number of nitrogens with zero attached hydrogens (tertiary/aromatic N) is 3. The van der Waals surface area contributed by atoms with Gasteiger partial charge in [-0.25, -0.2) is 0 Å². The van der Waals surface area contributed by atoms with Crippen molar-refractivity contribution in [1.29, 1.82) is 0 Å². The molecule has 2 aliphatic rings. The minimum absolute atomic E-state index is 0. The first-order valence-corrected chi connectivity index (χ1v) is 8.99. The molecule has 0 spiro atoms. The molecule has 0 aliphatic carbocycles. The van der Waals surface area contributed by atoms with Gasteiger partial charge in [0.2, 0.25) is 5.91 Å². The van der Waals surface area contributed by atoms with E-state index in [0.717, 1.165) is 37.9 Å². The highest BCUT2D eigenvalue weighted by Gasteiger charge is 2.32. The Labute approximate surface area is 155 Å². The summed E-state index contributed by atoms with van der Waals surface area (Å²) in [6, 6.07) is 0.279. The fraction of sp³-hybridized carbons (Fsp3) is 0.706. The molecule has 1 aromatic rings. The van der Waals surface area contributed by atoms with Gasteiger partial charge in [0.15, 0.2) is 0 Å². The van der Waals surface area contributed by atoms with Gasteiger partial charge in [-0.3, -0.25) is 9.69 Å². The summed E-state index contributed by atoms with van der Waals surface area (Å²) in [7, 11) is 0. The molecule has 1 aromatic heterocycles. The van der Waals surface area contributed by atoms with Crippen LogP contribution in [0, 0.1) is 5.92 Å². The van der Waals surface area contributed by atoms with Crippen molar-refractivity contribution in [3.8, 4) is 6.01 Å². The summed E-state index contributed by atoms with van der Waals surface area (Å²) in [5, 5.41) is 3.37. The zero-order valence-electron chi connectivity index (χ0n) is 14.8. The van der Waals surface area contributed by atoms with Crippen molar-refractivity contribution >= 4 is 29.9 Å². The second-order valence-electron chi connectivity index (χ2n) is 6.60. The molecule has 1 fully saturated rings. The molecule has 3 heterocycles. The van der Waals surface area contributed by atoms with Crippen LogP contribution in [0.1, 0.15) is 44.6 Å². The van der Waals surface area contributed by atoms with Crippen LogP contribution >= 0.6 is 12.4 Å².